The van der Waals surface area contributed by atoms with E-state index < -0.39 is 0 Å². The lowest BCUT2D eigenvalue weighted by molar-refractivity contribution is 0.393. The molecule has 0 fully saturated rings. The number of pyridine rings is 2. The maximum atomic E-state index is 12.7. The van der Waals surface area contributed by atoms with E-state index in [-0.39, 0.29) is 5.69 Å². The molecule has 0 aliphatic carbocycles. The van der Waals surface area contributed by atoms with Gasteiger partial charge < -0.3 is 14.2 Å². The van der Waals surface area contributed by atoms with Crippen LogP contribution in [0.25, 0.3) is 33.2 Å². The fourth-order valence-corrected chi connectivity index (χ4v) is 3.90. The molecule has 150 valence electrons. The molecule has 30 heavy (non-hydrogen) atoms. The molecule has 0 amide bonds. The minimum atomic E-state index is -0.209. The summed E-state index contributed by atoms with van der Waals surface area (Å²) in [6.07, 6.45) is 3.30. The van der Waals surface area contributed by atoms with Gasteiger partial charge in [-0.25, -0.2) is 9.78 Å². The number of aryl methyl sites for hydroxylation is 2. The van der Waals surface area contributed by atoms with Gasteiger partial charge in [0.25, 0.3) is 0 Å². The normalized spacial score (nSPS) is 11.4. The third-order valence-corrected chi connectivity index (χ3v) is 5.26. The number of hydrogen-bond acceptors (Lipinski definition) is 6. The zero-order valence-corrected chi connectivity index (χ0v) is 16.8. The van der Waals surface area contributed by atoms with Crippen molar-refractivity contribution >= 4 is 22.1 Å². The maximum Gasteiger partial charge on any atom is 0.326 e. The van der Waals surface area contributed by atoms with E-state index in [2.05, 4.69) is 20.1 Å². The van der Waals surface area contributed by atoms with Crippen LogP contribution in [0.1, 0.15) is 17.0 Å². The number of benzene rings is 1. The number of ether oxygens (including phenoxy) is 1. The minimum absolute atomic E-state index is 0.209. The molecule has 0 spiro atoms. The van der Waals surface area contributed by atoms with E-state index in [1.165, 1.54) is 0 Å². The fraction of sp³-hybridized carbons (Fsp3) is 0.182. The highest BCUT2D eigenvalue weighted by Crippen LogP contribution is 2.39. The number of nitrogens with zero attached hydrogens (tertiary/aromatic N) is 4. The first kappa shape index (κ1) is 18.1. The van der Waals surface area contributed by atoms with Gasteiger partial charge in [-0.2, -0.15) is 0 Å². The number of rotatable bonds is 4. The monoisotopic (exact) mass is 401 g/mol. The summed E-state index contributed by atoms with van der Waals surface area (Å²) < 4.78 is 12.6. The summed E-state index contributed by atoms with van der Waals surface area (Å²) in [5, 5.41) is 4.07. The van der Waals surface area contributed by atoms with E-state index in [4.69, 9.17) is 9.26 Å². The molecule has 0 saturated carbocycles. The predicted octanol–water partition coefficient (Wildman–Crippen LogP) is 3.60. The molecule has 4 heterocycles. The van der Waals surface area contributed by atoms with E-state index in [1.54, 1.807) is 24.1 Å². The lowest BCUT2D eigenvalue weighted by Crippen LogP contribution is -2.17. The fourth-order valence-electron chi connectivity index (χ4n) is 3.90. The number of aromatic amines is 1. The highest BCUT2D eigenvalue weighted by atomic mass is 16.5. The molecule has 0 saturated heterocycles. The summed E-state index contributed by atoms with van der Waals surface area (Å²) in [5.41, 5.74) is 5.67. The van der Waals surface area contributed by atoms with Crippen molar-refractivity contribution in [1.29, 1.82) is 0 Å². The number of hydrogen-bond donors (Lipinski definition) is 1. The Balaban J connectivity index is 1.85. The second-order valence-corrected chi connectivity index (χ2v) is 7.12. The molecule has 0 aliphatic rings. The van der Waals surface area contributed by atoms with Crippen LogP contribution in [0.2, 0.25) is 0 Å². The Bertz CT molecular complexity index is 1430. The van der Waals surface area contributed by atoms with E-state index in [0.717, 1.165) is 22.4 Å². The average Bonchev–Trinajstić information content (AvgIpc) is 3.26. The molecular weight excluding hydrogens is 382 g/mol. The van der Waals surface area contributed by atoms with Gasteiger partial charge in [-0.15, -0.1) is 0 Å². The smallest absolute Gasteiger partial charge is 0.326 e. The Labute approximate surface area is 171 Å². The Kier molecular flexibility index (Phi) is 4.13. The zero-order valence-electron chi connectivity index (χ0n) is 16.8. The van der Waals surface area contributed by atoms with Crippen molar-refractivity contribution in [3.8, 4) is 16.9 Å². The largest absolute Gasteiger partial charge is 0.494 e. The Hall–Kier alpha value is -3.94. The quantitative estimate of drug-likeness (QED) is 0.494. The average molecular weight is 401 g/mol. The summed E-state index contributed by atoms with van der Waals surface area (Å²) in [5.74, 6) is 1.23. The molecule has 5 aromatic rings. The van der Waals surface area contributed by atoms with E-state index in [1.807, 2.05) is 44.2 Å². The van der Waals surface area contributed by atoms with Crippen molar-refractivity contribution in [1.82, 2.24) is 24.7 Å². The molecular formula is C22H19N5O3. The van der Waals surface area contributed by atoms with E-state index in [9.17, 15) is 4.79 Å². The molecule has 1 aromatic carbocycles. The van der Waals surface area contributed by atoms with Gasteiger partial charge in [0.05, 0.1) is 53.9 Å². The van der Waals surface area contributed by atoms with Crippen molar-refractivity contribution in [2.24, 2.45) is 0 Å². The first-order valence-electron chi connectivity index (χ1n) is 9.50. The standard InChI is InChI=1S/C22H19N5O3/c1-12-17(13(2)30-26-12)18-16(29-3)10-24-20-19(18)23-9-15-21(20)27(22(28)25-15)11-14-7-5-4-6-8-14/h4-10H,11H2,1-3H3,(H,25,28). The highest BCUT2D eigenvalue weighted by Gasteiger charge is 2.23. The molecule has 0 unspecified atom stereocenters. The SMILES string of the molecule is COc1cnc2c(ncc3[nH]c(=O)n(Cc4ccccc4)c32)c1-c1c(C)noc1C. The highest BCUT2D eigenvalue weighted by molar-refractivity contribution is 6.06. The lowest BCUT2D eigenvalue weighted by atomic mass is 10.0. The molecule has 0 bridgehead atoms. The van der Waals surface area contributed by atoms with E-state index in [0.29, 0.717) is 40.1 Å². The number of methoxy groups -OCH3 is 1. The van der Waals surface area contributed by atoms with Crippen LogP contribution in [0, 0.1) is 13.8 Å². The van der Waals surface area contributed by atoms with Crippen LogP contribution in [0.4, 0.5) is 0 Å². The molecule has 4 aromatic heterocycles. The summed E-state index contributed by atoms with van der Waals surface area (Å²) in [4.78, 5) is 24.9. The molecule has 5 rings (SSSR count). The van der Waals surface area contributed by atoms with Crippen LogP contribution in [-0.2, 0) is 6.54 Å². The lowest BCUT2D eigenvalue weighted by Gasteiger charge is -2.12. The summed E-state index contributed by atoms with van der Waals surface area (Å²) in [6.45, 7) is 4.14. The van der Waals surface area contributed by atoms with Gasteiger partial charge in [-0.1, -0.05) is 35.5 Å². The van der Waals surface area contributed by atoms with Crippen molar-refractivity contribution in [3.05, 3.63) is 70.2 Å². The van der Waals surface area contributed by atoms with Gasteiger partial charge >= 0.3 is 5.69 Å². The van der Waals surface area contributed by atoms with Gasteiger partial charge in [-0.05, 0) is 19.4 Å². The molecule has 0 radical (unpaired) electrons. The van der Waals surface area contributed by atoms with Crippen molar-refractivity contribution in [2.75, 3.05) is 7.11 Å². The third kappa shape index (κ3) is 2.68. The second-order valence-electron chi connectivity index (χ2n) is 7.12. The first-order valence-corrected chi connectivity index (χ1v) is 9.50. The Morgan fingerprint density at radius 2 is 1.83 bits per heavy atom. The van der Waals surface area contributed by atoms with Crippen molar-refractivity contribution < 1.29 is 9.26 Å². The van der Waals surface area contributed by atoms with Crippen LogP contribution in [0.3, 0.4) is 0 Å². The summed E-state index contributed by atoms with van der Waals surface area (Å²) in [6, 6.07) is 9.83. The van der Waals surface area contributed by atoms with Crippen LogP contribution in [0.15, 0.2) is 52.0 Å². The molecule has 8 heteroatoms. The van der Waals surface area contributed by atoms with Crippen LogP contribution in [-0.4, -0.2) is 31.8 Å². The number of aromatic nitrogens is 5. The number of H-pyrrole nitrogens is 1. The van der Waals surface area contributed by atoms with Crippen LogP contribution in [0.5, 0.6) is 5.75 Å². The van der Waals surface area contributed by atoms with Crippen molar-refractivity contribution in [3.63, 3.8) is 0 Å². The Morgan fingerprint density at radius 3 is 2.53 bits per heavy atom. The van der Waals surface area contributed by atoms with Gasteiger partial charge in [0, 0.05) is 0 Å². The Morgan fingerprint density at radius 1 is 1.07 bits per heavy atom. The first-order chi connectivity index (χ1) is 14.6. The number of nitrogens with one attached hydrogen (secondary N) is 1. The zero-order chi connectivity index (χ0) is 20.8. The van der Waals surface area contributed by atoms with Gasteiger partial charge in [0.1, 0.15) is 22.5 Å². The molecule has 0 atom stereocenters. The van der Waals surface area contributed by atoms with Gasteiger partial charge in [-0.3, -0.25) is 9.55 Å². The topological polar surface area (TPSA) is 98.8 Å². The summed E-state index contributed by atoms with van der Waals surface area (Å²) in [7, 11) is 1.59. The number of fused-ring (bicyclic) bond motifs is 3. The second kappa shape index (κ2) is 6.84. The minimum Gasteiger partial charge on any atom is -0.494 e. The van der Waals surface area contributed by atoms with Gasteiger partial charge in [0.2, 0.25) is 0 Å². The van der Waals surface area contributed by atoms with E-state index >= 15 is 0 Å². The maximum absolute atomic E-state index is 12.7. The van der Waals surface area contributed by atoms with Crippen LogP contribution >= 0.6 is 0 Å². The molecule has 8 nitrogen and oxygen atoms in total. The van der Waals surface area contributed by atoms with Crippen molar-refractivity contribution in [2.45, 2.75) is 20.4 Å². The van der Waals surface area contributed by atoms with Crippen LogP contribution < -0.4 is 10.4 Å². The third-order valence-electron chi connectivity index (χ3n) is 5.26. The van der Waals surface area contributed by atoms with Gasteiger partial charge in [0.15, 0.2) is 0 Å². The summed E-state index contributed by atoms with van der Waals surface area (Å²) >= 11 is 0. The molecule has 1 N–H and O–H groups in total. The predicted molar refractivity (Wildman–Crippen MR) is 113 cm³/mol. The molecule has 0 aliphatic heterocycles. The number of imidazole rings is 1.